The highest BCUT2D eigenvalue weighted by Crippen LogP contribution is 2.27. The number of para-hydroxylation sites is 1. The summed E-state index contributed by atoms with van der Waals surface area (Å²) in [6.07, 6.45) is 2.18. The van der Waals surface area contributed by atoms with Crippen LogP contribution in [0.1, 0.15) is 18.4 Å². The number of piperidine rings is 1. The second-order valence-electron chi connectivity index (χ2n) is 10.0. The Morgan fingerprint density at radius 1 is 1.11 bits per heavy atom. The maximum absolute atomic E-state index is 10.4. The SMILES string of the molecule is Cn1cc(CNCC2CCN(C3N=CC=CN3O[C@@H]3O[C@H](CO)[C@H](O)[C@H](O)[C@H]3O)CC2)c2ccccc21. The first-order valence-electron chi connectivity index (χ1n) is 12.9. The van der Waals surface area contributed by atoms with E-state index in [0.717, 1.165) is 39.0 Å². The number of hydroxylamine groups is 2. The van der Waals surface area contributed by atoms with Crippen LogP contribution in [0.5, 0.6) is 0 Å². The van der Waals surface area contributed by atoms with E-state index in [1.165, 1.54) is 21.5 Å². The summed E-state index contributed by atoms with van der Waals surface area (Å²) in [5, 5.41) is 46.3. The van der Waals surface area contributed by atoms with Crippen LogP contribution in [-0.4, -0.2) is 104 Å². The highest BCUT2D eigenvalue weighted by molar-refractivity contribution is 5.83. The molecule has 0 radical (unpaired) electrons. The molecule has 0 spiro atoms. The van der Waals surface area contributed by atoms with E-state index in [1.807, 2.05) is 0 Å². The standard InChI is InChI=1S/C26H37N5O6/c1-29-15-18(19-5-2-3-6-20(19)29)14-27-13-17-7-11-30(12-8-17)26-28-9-4-10-31(26)37-25-24(35)23(34)22(33)21(16-32)36-25/h2-6,9-10,15,17,21-27,32-35H,7-8,11-14,16H2,1H3/t21-,22+,23+,24-,25+,26?/m1/s1. The first-order chi connectivity index (χ1) is 18.0. The van der Waals surface area contributed by atoms with Crippen molar-refractivity contribution in [2.45, 2.75) is 56.4 Å². The molecule has 1 aromatic heterocycles. The fourth-order valence-corrected chi connectivity index (χ4v) is 5.38. The molecule has 11 heteroatoms. The summed E-state index contributed by atoms with van der Waals surface area (Å²) in [5.41, 5.74) is 2.55. The maximum Gasteiger partial charge on any atom is 0.213 e. The lowest BCUT2D eigenvalue weighted by atomic mass is 9.96. The third-order valence-electron chi connectivity index (χ3n) is 7.54. The number of rotatable bonds is 8. The van der Waals surface area contributed by atoms with Gasteiger partial charge in [-0.2, -0.15) is 0 Å². The van der Waals surface area contributed by atoms with Crippen LogP contribution in [0.4, 0.5) is 0 Å². The third kappa shape index (κ3) is 5.59. The van der Waals surface area contributed by atoms with Crippen LogP contribution >= 0.6 is 0 Å². The Morgan fingerprint density at radius 3 is 2.68 bits per heavy atom. The number of likely N-dealkylation sites (tertiary alicyclic amines) is 1. The summed E-state index contributed by atoms with van der Waals surface area (Å²) in [5.74, 6) is 0.550. The number of hydrogen-bond donors (Lipinski definition) is 5. The van der Waals surface area contributed by atoms with Gasteiger partial charge in [-0.25, -0.2) is 9.90 Å². The Kier molecular flexibility index (Phi) is 8.22. The predicted molar refractivity (Wildman–Crippen MR) is 137 cm³/mol. The van der Waals surface area contributed by atoms with Crippen molar-refractivity contribution in [2.24, 2.45) is 18.0 Å². The number of ether oxygens (including phenoxy) is 1. The molecule has 11 nitrogen and oxygen atoms in total. The number of nitrogens with one attached hydrogen (secondary N) is 1. The highest BCUT2D eigenvalue weighted by atomic mass is 16.8. The van der Waals surface area contributed by atoms with Gasteiger partial charge in [0.2, 0.25) is 12.6 Å². The molecular formula is C26H37N5O6. The molecule has 0 saturated carbocycles. The van der Waals surface area contributed by atoms with Crippen molar-refractivity contribution in [3.8, 4) is 0 Å². The molecule has 4 heterocycles. The monoisotopic (exact) mass is 515 g/mol. The molecule has 6 atom stereocenters. The van der Waals surface area contributed by atoms with Crippen LogP contribution in [0, 0.1) is 5.92 Å². The van der Waals surface area contributed by atoms with E-state index < -0.39 is 43.6 Å². The van der Waals surface area contributed by atoms with E-state index >= 15 is 0 Å². The summed E-state index contributed by atoms with van der Waals surface area (Å²) < 4.78 is 7.68. The number of aromatic nitrogens is 1. The number of benzene rings is 1. The lowest BCUT2D eigenvalue weighted by molar-refractivity contribution is -0.365. The Morgan fingerprint density at radius 2 is 1.89 bits per heavy atom. The molecule has 3 aliphatic heterocycles. The lowest BCUT2D eigenvalue weighted by Crippen LogP contribution is -2.61. The van der Waals surface area contributed by atoms with Crippen LogP contribution in [0.15, 0.2) is 47.7 Å². The van der Waals surface area contributed by atoms with Gasteiger partial charge in [-0.05, 0) is 43.0 Å². The average molecular weight is 516 g/mol. The molecular weight excluding hydrogens is 478 g/mol. The predicted octanol–water partition coefficient (Wildman–Crippen LogP) is -0.105. The number of aliphatic hydroxyl groups is 4. The van der Waals surface area contributed by atoms with Gasteiger partial charge in [-0.3, -0.25) is 9.89 Å². The van der Waals surface area contributed by atoms with Crippen molar-refractivity contribution in [2.75, 3.05) is 26.2 Å². The summed E-state index contributed by atoms with van der Waals surface area (Å²) in [6.45, 7) is 2.91. The molecule has 3 aliphatic rings. The molecule has 37 heavy (non-hydrogen) atoms. The average Bonchev–Trinajstić information content (AvgIpc) is 3.25. The minimum Gasteiger partial charge on any atom is -0.394 e. The van der Waals surface area contributed by atoms with E-state index in [9.17, 15) is 20.4 Å². The first kappa shape index (κ1) is 26.3. The summed E-state index contributed by atoms with van der Waals surface area (Å²) in [6, 6.07) is 8.45. The smallest absolute Gasteiger partial charge is 0.213 e. The zero-order valence-corrected chi connectivity index (χ0v) is 21.0. The largest absolute Gasteiger partial charge is 0.394 e. The van der Waals surface area contributed by atoms with Crippen LogP contribution < -0.4 is 5.32 Å². The van der Waals surface area contributed by atoms with Crippen LogP contribution in [0.25, 0.3) is 10.9 Å². The molecule has 1 unspecified atom stereocenters. The number of aliphatic hydroxyl groups excluding tert-OH is 4. The van der Waals surface area contributed by atoms with Gasteiger partial charge in [0, 0.05) is 56.2 Å². The number of fused-ring (bicyclic) bond motifs is 1. The minimum atomic E-state index is -1.50. The number of aryl methyl sites for hydroxylation is 1. The van der Waals surface area contributed by atoms with E-state index in [-0.39, 0.29) is 0 Å². The lowest BCUT2D eigenvalue weighted by Gasteiger charge is -2.44. The Bertz CT molecular complexity index is 1100. The number of hydrogen-bond acceptors (Lipinski definition) is 10. The second-order valence-corrected chi connectivity index (χ2v) is 10.0. The van der Waals surface area contributed by atoms with E-state index in [1.54, 1.807) is 18.5 Å². The van der Waals surface area contributed by atoms with E-state index in [4.69, 9.17) is 9.57 Å². The highest BCUT2D eigenvalue weighted by Gasteiger charge is 2.45. The molecule has 2 saturated heterocycles. The zero-order valence-electron chi connectivity index (χ0n) is 21.0. The second kappa shape index (κ2) is 11.6. The fraction of sp³-hybridized carbons (Fsp3) is 0.577. The topological polar surface area (TPSA) is 135 Å². The van der Waals surface area contributed by atoms with Crippen molar-refractivity contribution in [1.29, 1.82) is 0 Å². The Labute approximate surface area is 216 Å². The number of allylic oxidation sites excluding steroid dienone is 1. The van der Waals surface area contributed by atoms with Crippen molar-refractivity contribution >= 4 is 17.1 Å². The van der Waals surface area contributed by atoms with Gasteiger partial charge in [0.15, 0.2) is 0 Å². The molecule has 0 amide bonds. The van der Waals surface area contributed by atoms with Crippen molar-refractivity contribution in [3.05, 3.63) is 48.3 Å². The Balaban J connectivity index is 1.12. The van der Waals surface area contributed by atoms with Gasteiger partial charge >= 0.3 is 0 Å². The maximum atomic E-state index is 10.4. The summed E-state index contributed by atoms with van der Waals surface area (Å²) >= 11 is 0. The van der Waals surface area contributed by atoms with Gasteiger partial charge in [0.25, 0.3) is 0 Å². The fourth-order valence-electron chi connectivity index (χ4n) is 5.38. The van der Waals surface area contributed by atoms with Gasteiger partial charge in [0.05, 0.1) is 6.61 Å². The molecule has 0 aliphatic carbocycles. The molecule has 2 aromatic rings. The van der Waals surface area contributed by atoms with Crippen LogP contribution in [0.2, 0.25) is 0 Å². The van der Waals surface area contributed by atoms with Gasteiger partial charge in [-0.1, -0.05) is 18.2 Å². The third-order valence-corrected chi connectivity index (χ3v) is 7.54. The molecule has 1 aromatic carbocycles. The molecule has 0 bridgehead atoms. The van der Waals surface area contributed by atoms with Crippen molar-refractivity contribution in [3.63, 3.8) is 0 Å². The van der Waals surface area contributed by atoms with Gasteiger partial charge < -0.3 is 35.0 Å². The summed E-state index contributed by atoms with van der Waals surface area (Å²) in [7, 11) is 2.08. The van der Waals surface area contributed by atoms with Gasteiger partial charge in [-0.15, -0.1) is 0 Å². The van der Waals surface area contributed by atoms with Crippen molar-refractivity contribution in [1.82, 2.24) is 19.8 Å². The minimum absolute atomic E-state index is 0.443. The number of aliphatic imine (C=N–C) groups is 1. The van der Waals surface area contributed by atoms with Crippen LogP contribution in [-0.2, 0) is 23.2 Å². The molecule has 202 valence electrons. The normalized spacial score (nSPS) is 31.4. The van der Waals surface area contributed by atoms with E-state index in [0.29, 0.717) is 5.92 Å². The Hall–Kier alpha value is -2.35. The molecule has 5 rings (SSSR count). The first-order valence-corrected chi connectivity index (χ1v) is 12.9. The molecule has 2 fully saturated rings. The quantitative estimate of drug-likeness (QED) is 0.327. The van der Waals surface area contributed by atoms with Crippen molar-refractivity contribution < 1.29 is 30.0 Å². The van der Waals surface area contributed by atoms with Gasteiger partial charge in [0.1, 0.15) is 24.4 Å². The van der Waals surface area contributed by atoms with Crippen LogP contribution in [0.3, 0.4) is 0 Å². The van der Waals surface area contributed by atoms with E-state index in [2.05, 4.69) is 57.3 Å². The molecule has 5 N–H and O–H groups in total. The summed E-state index contributed by atoms with van der Waals surface area (Å²) in [4.78, 5) is 12.6. The zero-order chi connectivity index (χ0) is 25.9. The number of nitrogens with zero attached hydrogens (tertiary/aromatic N) is 4.